The van der Waals surface area contributed by atoms with Crippen LogP contribution in [0.3, 0.4) is 0 Å². The van der Waals surface area contributed by atoms with Crippen molar-refractivity contribution in [3.63, 3.8) is 0 Å². The van der Waals surface area contributed by atoms with Crippen LogP contribution in [0.2, 0.25) is 0 Å². The Labute approximate surface area is 115 Å². The zero-order valence-corrected chi connectivity index (χ0v) is 11.8. The van der Waals surface area contributed by atoms with Crippen LogP contribution in [0.4, 0.5) is 0 Å². The molecule has 2 aromatic carbocycles. The highest BCUT2D eigenvalue weighted by molar-refractivity contribution is 5.84. The SMILES string of the molecule is Cc1ccc2cc(C(C)(C)CNCC#N)ccc2c1. The summed E-state index contributed by atoms with van der Waals surface area (Å²) in [4.78, 5) is 0. The normalized spacial score (nSPS) is 11.5. The molecule has 2 nitrogen and oxygen atoms in total. The van der Waals surface area contributed by atoms with Gasteiger partial charge in [-0.1, -0.05) is 55.8 Å². The van der Waals surface area contributed by atoms with Gasteiger partial charge in [0.1, 0.15) is 0 Å². The third kappa shape index (κ3) is 3.13. The number of nitrogens with one attached hydrogen (secondary N) is 1. The van der Waals surface area contributed by atoms with Crippen molar-refractivity contribution in [2.75, 3.05) is 13.1 Å². The Morgan fingerprint density at radius 1 is 1.11 bits per heavy atom. The van der Waals surface area contributed by atoms with E-state index in [0.717, 1.165) is 6.54 Å². The molecule has 1 N–H and O–H groups in total. The fraction of sp³-hybridized carbons (Fsp3) is 0.353. The number of nitrogens with zero attached hydrogens (tertiary/aromatic N) is 1. The van der Waals surface area contributed by atoms with Crippen molar-refractivity contribution >= 4 is 10.8 Å². The van der Waals surface area contributed by atoms with E-state index in [1.807, 2.05) is 0 Å². The Balaban J connectivity index is 2.30. The molecule has 0 aromatic heterocycles. The third-order valence-electron chi connectivity index (χ3n) is 3.55. The molecule has 0 saturated heterocycles. The van der Waals surface area contributed by atoms with Gasteiger partial charge in [-0.05, 0) is 23.3 Å². The molecule has 0 radical (unpaired) electrons. The highest BCUT2D eigenvalue weighted by Crippen LogP contribution is 2.26. The van der Waals surface area contributed by atoms with Gasteiger partial charge in [0.25, 0.3) is 0 Å². The molecule has 0 atom stereocenters. The van der Waals surface area contributed by atoms with Crippen LogP contribution in [0, 0.1) is 18.3 Å². The van der Waals surface area contributed by atoms with Gasteiger partial charge in [-0.2, -0.15) is 5.26 Å². The second-order valence-electron chi connectivity index (χ2n) is 5.71. The topological polar surface area (TPSA) is 35.8 Å². The van der Waals surface area contributed by atoms with Gasteiger partial charge < -0.3 is 5.32 Å². The van der Waals surface area contributed by atoms with E-state index in [1.54, 1.807) is 0 Å². The molecule has 0 spiro atoms. The number of hydrogen-bond donors (Lipinski definition) is 1. The van der Waals surface area contributed by atoms with Crippen LogP contribution in [0.5, 0.6) is 0 Å². The maximum Gasteiger partial charge on any atom is 0.0841 e. The van der Waals surface area contributed by atoms with Crippen LogP contribution in [0.25, 0.3) is 10.8 Å². The highest BCUT2D eigenvalue weighted by atomic mass is 14.9. The molecule has 0 bridgehead atoms. The minimum Gasteiger partial charge on any atom is -0.304 e. The molecule has 0 amide bonds. The largest absolute Gasteiger partial charge is 0.304 e. The zero-order chi connectivity index (χ0) is 13.9. The second kappa shape index (κ2) is 5.42. The first-order valence-corrected chi connectivity index (χ1v) is 6.61. The monoisotopic (exact) mass is 252 g/mol. The number of nitriles is 1. The van der Waals surface area contributed by atoms with Crippen molar-refractivity contribution in [3.8, 4) is 6.07 Å². The summed E-state index contributed by atoms with van der Waals surface area (Å²) in [6.45, 7) is 7.72. The molecule has 2 aromatic rings. The summed E-state index contributed by atoms with van der Waals surface area (Å²) in [5.74, 6) is 0. The molecule has 0 aliphatic carbocycles. The van der Waals surface area contributed by atoms with E-state index in [4.69, 9.17) is 5.26 Å². The van der Waals surface area contributed by atoms with E-state index >= 15 is 0 Å². The predicted molar refractivity (Wildman–Crippen MR) is 80.2 cm³/mol. The molecule has 19 heavy (non-hydrogen) atoms. The van der Waals surface area contributed by atoms with Crippen LogP contribution in [-0.2, 0) is 5.41 Å². The van der Waals surface area contributed by atoms with E-state index in [-0.39, 0.29) is 5.41 Å². The summed E-state index contributed by atoms with van der Waals surface area (Å²) in [6.07, 6.45) is 0. The fourth-order valence-corrected chi connectivity index (χ4v) is 2.32. The van der Waals surface area contributed by atoms with Gasteiger partial charge in [0, 0.05) is 12.0 Å². The molecule has 0 saturated carbocycles. The van der Waals surface area contributed by atoms with Crippen molar-refractivity contribution < 1.29 is 0 Å². The van der Waals surface area contributed by atoms with Crippen LogP contribution in [0.1, 0.15) is 25.0 Å². The zero-order valence-electron chi connectivity index (χ0n) is 11.8. The van der Waals surface area contributed by atoms with Crippen molar-refractivity contribution in [2.45, 2.75) is 26.2 Å². The lowest BCUT2D eigenvalue weighted by Gasteiger charge is -2.25. The number of fused-ring (bicyclic) bond motifs is 1. The van der Waals surface area contributed by atoms with E-state index in [0.29, 0.717) is 6.54 Å². The lowest BCUT2D eigenvalue weighted by atomic mass is 9.83. The van der Waals surface area contributed by atoms with Gasteiger partial charge in [-0.25, -0.2) is 0 Å². The summed E-state index contributed by atoms with van der Waals surface area (Å²) >= 11 is 0. The van der Waals surface area contributed by atoms with E-state index in [1.165, 1.54) is 21.9 Å². The van der Waals surface area contributed by atoms with Crippen LogP contribution in [-0.4, -0.2) is 13.1 Å². The molecular formula is C17H20N2. The van der Waals surface area contributed by atoms with Gasteiger partial charge in [-0.15, -0.1) is 0 Å². The van der Waals surface area contributed by atoms with E-state index in [2.05, 4.69) is 68.6 Å². The Kier molecular flexibility index (Phi) is 3.87. The van der Waals surface area contributed by atoms with E-state index in [9.17, 15) is 0 Å². The quantitative estimate of drug-likeness (QED) is 0.667. The first-order chi connectivity index (χ1) is 9.03. The van der Waals surface area contributed by atoms with Crippen molar-refractivity contribution in [1.82, 2.24) is 5.32 Å². The van der Waals surface area contributed by atoms with Gasteiger partial charge in [-0.3, -0.25) is 0 Å². The summed E-state index contributed by atoms with van der Waals surface area (Å²) in [6, 6.07) is 15.3. The lowest BCUT2D eigenvalue weighted by Crippen LogP contribution is -2.33. The molecule has 0 aliphatic heterocycles. The fourth-order valence-electron chi connectivity index (χ4n) is 2.32. The average Bonchev–Trinajstić information content (AvgIpc) is 2.38. The maximum absolute atomic E-state index is 8.59. The Morgan fingerprint density at radius 3 is 2.53 bits per heavy atom. The summed E-state index contributed by atoms with van der Waals surface area (Å²) < 4.78 is 0. The molecule has 2 rings (SSSR count). The maximum atomic E-state index is 8.59. The smallest absolute Gasteiger partial charge is 0.0841 e. The van der Waals surface area contributed by atoms with Crippen LogP contribution >= 0.6 is 0 Å². The van der Waals surface area contributed by atoms with Crippen molar-refractivity contribution in [3.05, 3.63) is 47.5 Å². The molecule has 0 aliphatic rings. The number of benzene rings is 2. The molecular weight excluding hydrogens is 232 g/mol. The standard InChI is InChI=1S/C17H20N2/c1-13-4-5-15-11-16(7-6-14(15)10-13)17(2,3)12-19-9-8-18/h4-7,10-11,19H,9,12H2,1-3H3. The van der Waals surface area contributed by atoms with Gasteiger partial charge >= 0.3 is 0 Å². The van der Waals surface area contributed by atoms with Gasteiger partial charge in [0.2, 0.25) is 0 Å². The van der Waals surface area contributed by atoms with Crippen molar-refractivity contribution in [2.24, 2.45) is 0 Å². The highest BCUT2D eigenvalue weighted by Gasteiger charge is 2.20. The number of rotatable bonds is 4. The molecule has 0 heterocycles. The first-order valence-electron chi connectivity index (χ1n) is 6.61. The van der Waals surface area contributed by atoms with Crippen molar-refractivity contribution in [1.29, 1.82) is 5.26 Å². The van der Waals surface area contributed by atoms with E-state index < -0.39 is 0 Å². The molecule has 98 valence electrons. The summed E-state index contributed by atoms with van der Waals surface area (Å²) in [5, 5.41) is 14.3. The second-order valence-corrected chi connectivity index (χ2v) is 5.71. The number of aryl methyl sites for hydroxylation is 1. The third-order valence-corrected chi connectivity index (χ3v) is 3.55. The lowest BCUT2D eigenvalue weighted by molar-refractivity contribution is 0.485. The van der Waals surface area contributed by atoms with Crippen LogP contribution in [0.15, 0.2) is 36.4 Å². The van der Waals surface area contributed by atoms with Crippen LogP contribution < -0.4 is 5.32 Å². The Hall–Kier alpha value is -1.85. The number of hydrogen-bond acceptors (Lipinski definition) is 2. The minimum absolute atomic E-state index is 0.0237. The van der Waals surface area contributed by atoms with Gasteiger partial charge in [0.05, 0.1) is 12.6 Å². The predicted octanol–water partition coefficient (Wildman–Crippen LogP) is 3.54. The summed E-state index contributed by atoms with van der Waals surface area (Å²) in [5.41, 5.74) is 2.61. The Bertz CT molecular complexity index is 621. The molecule has 0 unspecified atom stereocenters. The molecule has 2 heteroatoms. The van der Waals surface area contributed by atoms with Gasteiger partial charge in [0.15, 0.2) is 0 Å². The minimum atomic E-state index is 0.0237. The Morgan fingerprint density at radius 2 is 1.79 bits per heavy atom. The first kappa shape index (κ1) is 13.6. The average molecular weight is 252 g/mol. The molecule has 0 fully saturated rings. The summed E-state index contributed by atoms with van der Waals surface area (Å²) in [7, 11) is 0.